The number of likely N-dealkylation sites (tertiary alicyclic amines) is 2. The van der Waals surface area contributed by atoms with Crippen LogP contribution in [-0.2, 0) is 17.9 Å². The summed E-state index contributed by atoms with van der Waals surface area (Å²) >= 11 is 0. The van der Waals surface area contributed by atoms with Gasteiger partial charge in [0.1, 0.15) is 0 Å². The molecule has 1 amide bonds. The van der Waals surface area contributed by atoms with Crippen molar-refractivity contribution < 1.29 is 4.79 Å². The lowest BCUT2D eigenvalue weighted by Crippen LogP contribution is -2.45. The Kier molecular flexibility index (Phi) is 8.55. The molecule has 0 radical (unpaired) electrons. The van der Waals surface area contributed by atoms with E-state index in [0.717, 1.165) is 50.9 Å². The SMILES string of the molecule is CN=C(NCc1ccc(CN2CCC(C)CC2)cc1)N1CCC(CC(=O)NC)CC1. The van der Waals surface area contributed by atoms with E-state index in [-0.39, 0.29) is 5.91 Å². The molecular weight excluding hydrogens is 374 g/mol. The van der Waals surface area contributed by atoms with Gasteiger partial charge in [0.15, 0.2) is 5.96 Å². The van der Waals surface area contributed by atoms with Crippen LogP contribution in [0.15, 0.2) is 29.3 Å². The molecule has 0 aromatic heterocycles. The first-order chi connectivity index (χ1) is 14.6. The third-order valence-corrected chi connectivity index (χ3v) is 6.63. The van der Waals surface area contributed by atoms with Crippen LogP contribution in [0.25, 0.3) is 0 Å². The summed E-state index contributed by atoms with van der Waals surface area (Å²) in [6, 6.07) is 9.00. The Morgan fingerprint density at radius 1 is 1.03 bits per heavy atom. The molecular formula is C24H39N5O. The van der Waals surface area contributed by atoms with Crippen molar-refractivity contribution in [3.63, 3.8) is 0 Å². The van der Waals surface area contributed by atoms with Gasteiger partial charge < -0.3 is 15.5 Å². The number of nitrogens with one attached hydrogen (secondary N) is 2. The molecule has 2 saturated heterocycles. The summed E-state index contributed by atoms with van der Waals surface area (Å²) < 4.78 is 0. The van der Waals surface area contributed by atoms with Crippen molar-refractivity contribution in [3.05, 3.63) is 35.4 Å². The zero-order valence-corrected chi connectivity index (χ0v) is 19.0. The van der Waals surface area contributed by atoms with Crippen LogP contribution < -0.4 is 10.6 Å². The molecule has 0 spiro atoms. The van der Waals surface area contributed by atoms with Gasteiger partial charge in [0.25, 0.3) is 0 Å². The van der Waals surface area contributed by atoms with Crippen LogP contribution in [0.4, 0.5) is 0 Å². The number of benzene rings is 1. The van der Waals surface area contributed by atoms with E-state index in [1.165, 1.54) is 37.1 Å². The first-order valence-corrected chi connectivity index (χ1v) is 11.5. The zero-order valence-electron chi connectivity index (χ0n) is 19.0. The van der Waals surface area contributed by atoms with E-state index in [1.54, 1.807) is 7.05 Å². The molecule has 0 aliphatic carbocycles. The number of amides is 1. The second-order valence-electron chi connectivity index (χ2n) is 8.98. The lowest BCUT2D eigenvalue weighted by molar-refractivity contribution is -0.121. The number of nitrogens with zero attached hydrogens (tertiary/aromatic N) is 3. The number of aliphatic imine (C=N–C) groups is 1. The smallest absolute Gasteiger partial charge is 0.220 e. The third kappa shape index (κ3) is 6.73. The highest BCUT2D eigenvalue weighted by Gasteiger charge is 2.23. The molecule has 2 aliphatic rings. The molecule has 2 fully saturated rings. The van der Waals surface area contributed by atoms with E-state index < -0.39 is 0 Å². The summed E-state index contributed by atoms with van der Waals surface area (Å²) in [5.74, 6) is 2.47. The minimum absolute atomic E-state index is 0.147. The molecule has 3 rings (SSSR count). The minimum Gasteiger partial charge on any atom is -0.359 e. The fourth-order valence-corrected chi connectivity index (χ4v) is 4.47. The van der Waals surface area contributed by atoms with Gasteiger partial charge in [-0.15, -0.1) is 0 Å². The van der Waals surface area contributed by atoms with Crippen molar-refractivity contribution in [2.45, 2.75) is 52.1 Å². The normalized spacial score (nSPS) is 19.7. The van der Waals surface area contributed by atoms with Crippen molar-refractivity contribution in [2.75, 3.05) is 40.3 Å². The highest BCUT2D eigenvalue weighted by molar-refractivity contribution is 5.80. The van der Waals surface area contributed by atoms with Crippen LogP contribution in [0, 0.1) is 11.8 Å². The molecule has 6 heteroatoms. The van der Waals surface area contributed by atoms with Gasteiger partial charge in [-0.2, -0.15) is 0 Å². The first-order valence-electron chi connectivity index (χ1n) is 11.5. The zero-order chi connectivity index (χ0) is 21.3. The van der Waals surface area contributed by atoms with Crippen molar-refractivity contribution in [3.8, 4) is 0 Å². The predicted octanol–water partition coefficient (Wildman–Crippen LogP) is 2.84. The molecule has 0 bridgehead atoms. The summed E-state index contributed by atoms with van der Waals surface area (Å²) in [5, 5.41) is 6.25. The van der Waals surface area contributed by atoms with Gasteiger partial charge in [0.2, 0.25) is 5.91 Å². The van der Waals surface area contributed by atoms with E-state index in [1.807, 2.05) is 7.05 Å². The Morgan fingerprint density at radius 2 is 1.67 bits per heavy atom. The fraction of sp³-hybridized carbons (Fsp3) is 0.667. The number of rotatable bonds is 6. The molecule has 0 atom stereocenters. The summed E-state index contributed by atoms with van der Waals surface area (Å²) in [6.07, 6.45) is 5.36. The standard InChI is InChI=1S/C24H39N5O/c1-19-8-12-28(13-9-19)18-22-6-4-21(5-7-22)17-27-24(26-3)29-14-10-20(11-15-29)16-23(30)25-2/h4-7,19-20H,8-18H2,1-3H3,(H,25,30)(H,26,27). The van der Waals surface area contributed by atoms with Crippen molar-refractivity contribution in [1.82, 2.24) is 20.4 Å². The van der Waals surface area contributed by atoms with Gasteiger partial charge >= 0.3 is 0 Å². The van der Waals surface area contributed by atoms with Gasteiger partial charge in [-0.3, -0.25) is 14.7 Å². The second-order valence-corrected chi connectivity index (χ2v) is 8.98. The van der Waals surface area contributed by atoms with Crippen LogP contribution in [-0.4, -0.2) is 61.9 Å². The maximum Gasteiger partial charge on any atom is 0.220 e. The summed E-state index contributed by atoms with van der Waals surface area (Å²) in [5.41, 5.74) is 2.68. The highest BCUT2D eigenvalue weighted by Crippen LogP contribution is 2.21. The molecule has 30 heavy (non-hydrogen) atoms. The number of hydrogen-bond donors (Lipinski definition) is 2. The number of carbonyl (C=O) groups is 1. The highest BCUT2D eigenvalue weighted by atomic mass is 16.1. The third-order valence-electron chi connectivity index (χ3n) is 6.63. The Labute approximate surface area is 182 Å². The van der Waals surface area contributed by atoms with Crippen molar-refractivity contribution >= 4 is 11.9 Å². The van der Waals surface area contributed by atoms with Crippen LogP contribution in [0.5, 0.6) is 0 Å². The first kappa shape index (κ1) is 22.6. The molecule has 1 aromatic carbocycles. The maximum atomic E-state index is 11.6. The molecule has 2 aliphatic heterocycles. The molecule has 6 nitrogen and oxygen atoms in total. The number of hydrogen-bond acceptors (Lipinski definition) is 3. The second kappa shape index (κ2) is 11.3. The van der Waals surface area contributed by atoms with E-state index in [2.05, 4.69) is 56.6 Å². The molecule has 2 heterocycles. The summed E-state index contributed by atoms with van der Waals surface area (Å²) in [7, 11) is 3.56. The molecule has 166 valence electrons. The Morgan fingerprint density at radius 3 is 2.27 bits per heavy atom. The minimum atomic E-state index is 0.147. The summed E-state index contributed by atoms with van der Waals surface area (Å²) in [4.78, 5) is 21.0. The quantitative estimate of drug-likeness (QED) is 0.556. The van der Waals surface area contributed by atoms with E-state index in [9.17, 15) is 4.79 Å². The molecule has 0 unspecified atom stereocenters. The lowest BCUT2D eigenvalue weighted by Gasteiger charge is -2.34. The number of guanidine groups is 1. The predicted molar refractivity (Wildman–Crippen MR) is 123 cm³/mol. The number of piperidine rings is 2. The topological polar surface area (TPSA) is 60.0 Å². The molecule has 0 saturated carbocycles. The largest absolute Gasteiger partial charge is 0.359 e. The van der Waals surface area contributed by atoms with E-state index in [0.29, 0.717) is 12.3 Å². The average molecular weight is 414 g/mol. The van der Waals surface area contributed by atoms with Gasteiger partial charge in [-0.05, 0) is 61.7 Å². The Bertz CT molecular complexity index is 686. The van der Waals surface area contributed by atoms with Gasteiger partial charge in [-0.25, -0.2) is 0 Å². The fourth-order valence-electron chi connectivity index (χ4n) is 4.47. The summed E-state index contributed by atoms with van der Waals surface area (Å²) in [6.45, 7) is 8.56. The number of carbonyl (C=O) groups excluding carboxylic acids is 1. The van der Waals surface area contributed by atoms with Gasteiger partial charge in [0.05, 0.1) is 0 Å². The van der Waals surface area contributed by atoms with Gasteiger partial charge in [0, 0.05) is 46.7 Å². The Hall–Kier alpha value is -2.08. The Balaban J connectivity index is 1.42. The van der Waals surface area contributed by atoms with Crippen LogP contribution in [0.1, 0.15) is 50.2 Å². The average Bonchev–Trinajstić information content (AvgIpc) is 2.78. The van der Waals surface area contributed by atoms with Crippen LogP contribution in [0.2, 0.25) is 0 Å². The van der Waals surface area contributed by atoms with Crippen LogP contribution in [0.3, 0.4) is 0 Å². The molecule has 1 aromatic rings. The van der Waals surface area contributed by atoms with E-state index in [4.69, 9.17) is 0 Å². The maximum absolute atomic E-state index is 11.6. The lowest BCUT2D eigenvalue weighted by atomic mass is 9.93. The van der Waals surface area contributed by atoms with Crippen molar-refractivity contribution in [2.24, 2.45) is 16.8 Å². The van der Waals surface area contributed by atoms with Crippen molar-refractivity contribution in [1.29, 1.82) is 0 Å². The monoisotopic (exact) mass is 413 g/mol. The van der Waals surface area contributed by atoms with Crippen LogP contribution >= 0.6 is 0 Å². The van der Waals surface area contributed by atoms with E-state index >= 15 is 0 Å². The van der Waals surface area contributed by atoms with Gasteiger partial charge in [-0.1, -0.05) is 31.2 Å². The molecule has 2 N–H and O–H groups in total.